The lowest BCUT2D eigenvalue weighted by molar-refractivity contribution is -0.384. The van der Waals surface area contributed by atoms with Gasteiger partial charge in [0.2, 0.25) is 0 Å². The fourth-order valence-corrected chi connectivity index (χ4v) is 2.09. The Hall–Kier alpha value is -1.29. The standard InChI is InChI=1S/C11H13ClN2O2/c1-11(5-2-6-11)13-9-4-3-8(12)7-10(9)14(15)16/h3-4,7,13H,2,5-6H2,1H3. The zero-order valence-electron chi connectivity index (χ0n) is 9.00. The lowest BCUT2D eigenvalue weighted by Gasteiger charge is -2.39. The van der Waals surface area contributed by atoms with Crippen molar-refractivity contribution >= 4 is 23.0 Å². The minimum Gasteiger partial charge on any atom is -0.374 e. The van der Waals surface area contributed by atoms with E-state index in [1.165, 1.54) is 12.5 Å². The van der Waals surface area contributed by atoms with Crippen molar-refractivity contribution in [1.82, 2.24) is 0 Å². The first-order valence-corrected chi connectivity index (χ1v) is 5.60. The Morgan fingerprint density at radius 1 is 1.50 bits per heavy atom. The highest BCUT2D eigenvalue weighted by atomic mass is 35.5. The zero-order valence-corrected chi connectivity index (χ0v) is 9.75. The number of nitro groups is 1. The van der Waals surface area contributed by atoms with Crippen molar-refractivity contribution in [3.8, 4) is 0 Å². The quantitative estimate of drug-likeness (QED) is 0.649. The summed E-state index contributed by atoms with van der Waals surface area (Å²) in [7, 11) is 0. The zero-order chi connectivity index (χ0) is 11.8. The Morgan fingerprint density at radius 3 is 2.69 bits per heavy atom. The van der Waals surface area contributed by atoms with E-state index in [0.717, 1.165) is 12.8 Å². The van der Waals surface area contributed by atoms with Gasteiger partial charge in [-0.05, 0) is 38.3 Å². The molecule has 1 fully saturated rings. The number of nitrogens with zero attached hydrogens (tertiary/aromatic N) is 1. The van der Waals surface area contributed by atoms with Crippen LogP contribution < -0.4 is 5.32 Å². The Kier molecular flexibility index (Phi) is 2.76. The number of nitrogens with one attached hydrogen (secondary N) is 1. The third-order valence-electron chi connectivity index (χ3n) is 3.05. The summed E-state index contributed by atoms with van der Waals surface area (Å²) in [6.07, 6.45) is 3.27. The molecule has 0 unspecified atom stereocenters. The molecule has 16 heavy (non-hydrogen) atoms. The molecule has 0 atom stereocenters. The Bertz CT molecular complexity index is 430. The third-order valence-corrected chi connectivity index (χ3v) is 3.29. The van der Waals surface area contributed by atoms with Gasteiger partial charge in [0.15, 0.2) is 0 Å². The Morgan fingerprint density at radius 2 is 2.19 bits per heavy atom. The van der Waals surface area contributed by atoms with Gasteiger partial charge < -0.3 is 5.32 Å². The van der Waals surface area contributed by atoms with E-state index in [4.69, 9.17) is 11.6 Å². The summed E-state index contributed by atoms with van der Waals surface area (Å²) in [5.74, 6) is 0. The third kappa shape index (κ3) is 2.11. The first kappa shape index (κ1) is 11.2. The molecule has 0 bridgehead atoms. The van der Waals surface area contributed by atoms with Gasteiger partial charge >= 0.3 is 0 Å². The summed E-state index contributed by atoms with van der Waals surface area (Å²) in [5.41, 5.74) is 0.593. The van der Waals surface area contributed by atoms with Gasteiger partial charge in [-0.15, -0.1) is 0 Å². The van der Waals surface area contributed by atoms with Crippen LogP contribution in [0.4, 0.5) is 11.4 Å². The average molecular weight is 241 g/mol. The molecule has 1 aliphatic carbocycles. The minimum absolute atomic E-state index is 0.00140. The van der Waals surface area contributed by atoms with Crippen LogP contribution in [0.1, 0.15) is 26.2 Å². The smallest absolute Gasteiger partial charge is 0.293 e. The molecule has 5 heteroatoms. The van der Waals surface area contributed by atoms with E-state index in [1.807, 2.05) is 0 Å². The van der Waals surface area contributed by atoms with Crippen LogP contribution in [0.15, 0.2) is 18.2 Å². The Balaban J connectivity index is 2.29. The number of benzene rings is 1. The molecular weight excluding hydrogens is 228 g/mol. The maximum absolute atomic E-state index is 10.9. The Labute approximate surface area is 98.8 Å². The van der Waals surface area contributed by atoms with Gasteiger partial charge in [0.1, 0.15) is 5.69 Å². The van der Waals surface area contributed by atoms with Crippen LogP contribution in [-0.2, 0) is 0 Å². The topological polar surface area (TPSA) is 55.2 Å². The van der Waals surface area contributed by atoms with Gasteiger partial charge in [0.25, 0.3) is 5.69 Å². The summed E-state index contributed by atoms with van der Waals surface area (Å²) in [6.45, 7) is 2.08. The van der Waals surface area contributed by atoms with Crippen molar-refractivity contribution in [1.29, 1.82) is 0 Å². The van der Waals surface area contributed by atoms with E-state index in [0.29, 0.717) is 10.7 Å². The summed E-state index contributed by atoms with van der Waals surface area (Å²) in [5, 5.41) is 14.5. The first-order chi connectivity index (χ1) is 7.50. The molecule has 0 aromatic heterocycles. The fourth-order valence-electron chi connectivity index (χ4n) is 1.92. The predicted octanol–water partition coefficient (Wildman–Crippen LogP) is 3.60. The van der Waals surface area contributed by atoms with Crippen LogP contribution in [0, 0.1) is 10.1 Å². The second-order valence-corrected chi connectivity index (χ2v) is 4.89. The monoisotopic (exact) mass is 240 g/mol. The van der Waals surface area contributed by atoms with Crippen molar-refractivity contribution < 1.29 is 4.92 Å². The number of anilines is 1. The number of halogens is 1. The van der Waals surface area contributed by atoms with Gasteiger partial charge in [-0.3, -0.25) is 10.1 Å². The molecule has 1 N–H and O–H groups in total. The molecule has 1 saturated carbocycles. The summed E-state index contributed by atoms with van der Waals surface area (Å²) in [6, 6.07) is 4.72. The molecule has 2 rings (SSSR count). The molecule has 1 aromatic carbocycles. The normalized spacial score (nSPS) is 17.6. The van der Waals surface area contributed by atoms with E-state index in [9.17, 15) is 10.1 Å². The molecule has 0 heterocycles. The predicted molar refractivity (Wildman–Crippen MR) is 64.0 cm³/mol. The van der Waals surface area contributed by atoms with E-state index >= 15 is 0 Å². The van der Waals surface area contributed by atoms with Crippen molar-refractivity contribution in [2.75, 3.05) is 5.32 Å². The highest BCUT2D eigenvalue weighted by Gasteiger charge is 2.33. The maximum atomic E-state index is 10.9. The lowest BCUT2D eigenvalue weighted by atomic mass is 9.78. The second-order valence-electron chi connectivity index (χ2n) is 4.46. The van der Waals surface area contributed by atoms with Gasteiger partial charge in [0, 0.05) is 16.6 Å². The van der Waals surface area contributed by atoms with Crippen LogP contribution in [-0.4, -0.2) is 10.5 Å². The molecule has 1 aliphatic rings. The van der Waals surface area contributed by atoms with Crippen molar-refractivity contribution in [3.05, 3.63) is 33.3 Å². The van der Waals surface area contributed by atoms with Crippen LogP contribution >= 0.6 is 11.6 Å². The molecular formula is C11H13ClN2O2. The molecule has 4 nitrogen and oxygen atoms in total. The summed E-state index contributed by atoms with van der Waals surface area (Å²) >= 11 is 5.75. The molecule has 0 amide bonds. The van der Waals surface area contributed by atoms with E-state index in [-0.39, 0.29) is 11.2 Å². The largest absolute Gasteiger partial charge is 0.374 e. The van der Waals surface area contributed by atoms with Crippen LogP contribution in [0.25, 0.3) is 0 Å². The van der Waals surface area contributed by atoms with E-state index in [1.54, 1.807) is 12.1 Å². The number of nitro benzene ring substituents is 1. The van der Waals surface area contributed by atoms with Crippen LogP contribution in [0.2, 0.25) is 5.02 Å². The van der Waals surface area contributed by atoms with Crippen molar-refractivity contribution in [3.63, 3.8) is 0 Å². The molecule has 0 radical (unpaired) electrons. The SMILES string of the molecule is CC1(Nc2ccc(Cl)cc2[N+](=O)[O-])CCC1. The first-order valence-electron chi connectivity index (χ1n) is 5.22. The fraction of sp³-hybridized carbons (Fsp3) is 0.455. The molecule has 0 aliphatic heterocycles. The van der Waals surface area contributed by atoms with Crippen LogP contribution in [0.5, 0.6) is 0 Å². The van der Waals surface area contributed by atoms with Gasteiger partial charge in [-0.1, -0.05) is 11.6 Å². The molecule has 86 valence electrons. The number of hydrogen-bond acceptors (Lipinski definition) is 3. The maximum Gasteiger partial charge on any atom is 0.293 e. The van der Waals surface area contributed by atoms with Gasteiger partial charge in [-0.2, -0.15) is 0 Å². The average Bonchev–Trinajstić information content (AvgIpc) is 2.18. The van der Waals surface area contributed by atoms with Crippen molar-refractivity contribution in [2.24, 2.45) is 0 Å². The second kappa shape index (κ2) is 3.94. The number of rotatable bonds is 3. The minimum atomic E-state index is -0.407. The van der Waals surface area contributed by atoms with Gasteiger partial charge in [0.05, 0.1) is 4.92 Å². The lowest BCUT2D eigenvalue weighted by Crippen LogP contribution is -2.41. The van der Waals surface area contributed by atoms with Crippen LogP contribution in [0.3, 0.4) is 0 Å². The number of hydrogen-bond donors (Lipinski definition) is 1. The van der Waals surface area contributed by atoms with Crippen molar-refractivity contribution in [2.45, 2.75) is 31.7 Å². The summed E-state index contributed by atoms with van der Waals surface area (Å²) < 4.78 is 0. The highest BCUT2D eigenvalue weighted by Crippen LogP contribution is 2.38. The van der Waals surface area contributed by atoms with E-state index < -0.39 is 4.92 Å². The summed E-state index contributed by atoms with van der Waals surface area (Å²) in [4.78, 5) is 10.5. The molecule has 0 saturated heterocycles. The van der Waals surface area contributed by atoms with Gasteiger partial charge in [-0.25, -0.2) is 0 Å². The molecule has 0 spiro atoms. The highest BCUT2D eigenvalue weighted by molar-refractivity contribution is 6.30. The molecule has 1 aromatic rings. The van der Waals surface area contributed by atoms with E-state index in [2.05, 4.69) is 12.2 Å².